The highest BCUT2D eigenvalue weighted by atomic mass is 14.6. The Kier molecular flexibility index (Phi) is 5.22. The molecule has 0 radical (unpaired) electrons. The topological polar surface area (TPSA) is 36.7 Å². The van der Waals surface area contributed by atoms with E-state index < -0.39 is 0 Å². The lowest BCUT2D eigenvalue weighted by atomic mass is 9.94. The van der Waals surface area contributed by atoms with E-state index in [0.29, 0.717) is 5.71 Å². The van der Waals surface area contributed by atoms with Gasteiger partial charge in [-0.2, -0.15) is 0 Å². The maximum absolute atomic E-state index is 7.76. The molecule has 2 nitrogen and oxygen atoms in total. The summed E-state index contributed by atoms with van der Waals surface area (Å²) in [6, 6.07) is 12.4. The van der Waals surface area contributed by atoms with Crippen molar-refractivity contribution < 1.29 is 0 Å². The average Bonchev–Trinajstić information content (AvgIpc) is 2.56. The number of nitrogens with zero attached hydrogens (tertiary/aromatic N) is 1. The molecule has 1 heterocycles. The Balaban J connectivity index is 2.44. The van der Waals surface area contributed by atoms with Crippen molar-refractivity contribution in [1.82, 2.24) is 4.98 Å². The first-order chi connectivity index (χ1) is 10.3. The normalized spacial score (nSPS) is 11.8. The van der Waals surface area contributed by atoms with Gasteiger partial charge in [-0.25, -0.2) is 0 Å². The highest BCUT2D eigenvalue weighted by Gasteiger charge is 2.06. The van der Waals surface area contributed by atoms with Gasteiger partial charge in [0, 0.05) is 18.1 Å². The highest BCUT2D eigenvalue weighted by Crippen LogP contribution is 2.29. The molecule has 1 aromatic carbocycles. The molecule has 106 valence electrons. The summed E-state index contributed by atoms with van der Waals surface area (Å²) in [5, 5.41) is 7.76. The maximum atomic E-state index is 7.76. The van der Waals surface area contributed by atoms with Gasteiger partial charge in [-0.3, -0.25) is 4.98 Å². The van der Waals surface area contributed by atoms with Gasteiger partial charge in [-0.15, -0.1) is 0 Å². The van der Waals surface area contributed by atoms with Crippen LogP contribution in [0.3, 0.4) is 0 Å². The summed E-state index contributed by atoms with van der Waals surface area (Å²) in [6.45, 7) is 4.02. The lowest BCUT2D eigenvalue weighted by Crippen LogP contribution is -1.90. The smallest absolute Gasteiger partial charge is 0.0311 e. The lowest BCUT2D eigenvalue weighted by Gasteiger charge is -2.10. The van der Waals surface area contributed by atoms with Crippen LogP contribution in [0.15, 0.2) is 67.0 Å². The summed E-state index contributed by atoms with van der Waals surface area (Å²) in [6.07, 6.45) is 10.3. The zero-order chi connectivity index (χ0) is 15.1. The van der Waals surface area contributed by atoms with Gasteiger partial charge in [-0.1, -0.05) is 43.3 Å². The van der Waals surface area contributed by atoms with Gasteiger partial charge in [-0.05, 0) is 53.8 Å². The third-order valence-corrected chi connectivity index (χ3v) is 3.39. The molecule has 2 heteroatoms. The van der Waals surface area contributed by atoms with Gasteiger partial charge in [0.1, 0.15) is 0 Å². The van der Waals surface area contributed by atoms with Gasteiger partial charge in [0.2, 0.25) is 0 Å². The van der Waals surface area contributed by atoms with Crippen LogP contribution in [-0.2, 0) is 0 Å². The molecular weight excluding hydrogens is 256 g/mol. The van der Waals surface area contributed by atoms with Gasteiger partial charge < -0.3 is 5.41 Å². The lowest BCUT2D eigenvalue weighted by molar-refractivity contribution is 1.26. The van der Waals surface area contributed by atoms with Crippen LogP contribution in [-0.4, -0.2) is 10.7 Å². The fourth-order valence-corrected chi connectivity index (χ4v) is 2.17. The van der Waals surface area contributed by atoms with Crippen molar-refractivity contribution in [2.75, 3.05) is 0 Å². The van der Waals surface area contributed by atoms with E-state index in [0.717, 1.165) is 17.6 Å². The van der Waals surface area contributed by atoms with E-state index in [1.165, 1.54) is 11.1 Å². The molecule has 0 unspecified atom stereocenters. The third kappa shape index (κ3) is 3.76. The maximum Gasteiger partial charge on any atom is 0.0311 e. The number of hydrogen-bond acceptors (Lipinski definition) is 2. The Morgan fingerprint density at radius 1 is 1.10 bits per heavy atom. The molecule has 0 spiro atoms. The van der Waals surface area contributed by atoms with E-state index in [-0.39, 0.29) is 0 Å². The summed E-state index contributed by atoms with van der Waals surface area (Å²) in [4.78, 5) is 4.08. The SMILES string of the molecule is C/C=C(\C=C/C(=N)CC)c1ccccc1-c1ccncc1. The summed E-state index contributed by atoms with van der Waals surface area (Å²) < 4.78 is 0. The van der Waals surface area contributed by atoms with Crippen LogP contribution in [0.4, 0.5) is 0 Å². The number of aromatic nitrogens is 1. The fourth-order valence-electron chi connectivity index (χ4n) is 2.17. The molecule has 0 saturated carbocycles. The molecule has 0 amide bonds. The van der Waals surface area contributed by atoms with Crippen molar-refractivity contribution in [2.24, 2.45) is 0 Å². The van der Waals surface area contributed by atoms with E-state index >= 15 is 0 Å². The largest absolute Gasteiger partial charge is 0.305 e. The van der Waals surface area contributed by atoms with Crippen molar-refractivity contribution in [3.05, 3.63) is 72.6 Å². The second-order valence-electron chi connectivity index (χ2n) is 4.74. The predicted molar refractivity (Wildman–Crippen MR) is 90.5 cm³/mol. The Morgan fingerprint density at radius 3 is 2.48 bits per heavy atom. The number of benzene rings is 1. The van der Waals surface area contributed by atoms with Gasteiger partial charge in [0.05, 0.1) is 0 Å². The first-order valence-corrected chi connectivity index (χ1v) is 7.18. The van der Waals surface area contributed by atoms with Gasteiger partial charge in [0.25, 0.3) is 0 Å². The number of hydrogen-bond donors (Lipinski definition) is 1. The second-order valence-corrected chi connectivity index (χ2v) is 4.74. The average molecular weight is 276 g/mol. The molecule has 2 aromatic rings. The summed E-state index contributed by atoms with van der Waals surface area (Å²) >= 11 is 0. The molecule has 0 bridgehead atoms. The Bertz CT molecular complexity index is 667. The van der Waals surface area contributed by atoms with Crippen LogP contribution in [0.25, 0.3) is 16.7 Å². The second kappa shape index (κ2) is 7.34. The quantitative estimate of drug-likeness (QED) is 0.596. The summed E-state index contributed by atoms with van der Waals surface area (Å²) in [5.41, 5.74) is 5.27. The molecule has 1 N–H and O–H groups in total. The predicted octanol–water partition coefficient (Wildman–Crippen LogP) is 5.14. The number of allylic oxidation sites excluding steroid dienone is 4. The summed E-state index contributed by atoms with van der Waals surface area (Å²) in [5.74, 6) is 0. The Labute approximate surface area is 126 Å². The first kappa shape index (κ1) is 14.9. The molecule has 0 aliphatic rings. The fraction of sp³-hybridized carbons (Fsp3) is 0.158. The van der Waals surface area contributed by atoms with Crippen LogP contribution < -0.4 is 0 Å². The minimum Gasteiger partial charge on any atom is -0.305 e. The van der Waals surface area contributed by atoms with E-state index in [1.54, 1.807) is 0 Å². The van der Waals surface area contributed by atoms with Crippen LogP contribution in [0, 0.1) is 5.41 Å². The van der Waals surface area contributed by atoms with E-state index in [2.05, 4.69) is 23.2 Å². The standard InChI is InChI=1S/C19H20N2/c1-3-15(9-10-17(20)4-2)18-7-5-6-8-19(18)16-11-13-21-14-12-16/h3,5-14,20H,4H2,1-2H3/b10-9-,15-3+,20-17?. The zero-order valence-electron chi connectivity index (χ0n) is 12.5. The van der Waals surface area contributed by atoms with Crippen LogP contribution >= 0.6 is 0 Å². The molecule has 0 aliphatic heterocycles. The number of rotatable bonds is 5. The van der Waals surface area contributed by atoms with Crippen molar-refractivity contribution >= 4 is 11.3 Å². The Hall–Kier alpha value is -2.48. The van der Waals surface area contributed by atoms with E-state index in [1.807, 2.05) is 62.7 Å². The molecule has 0 atom stereocenters. The van der Waals surface area contributed by atoms with Crippen LogP contribution in [0.1, 0.15) is 25.8 Å². The molecular formula is C19H20N2. The van der Waals surface area contributed by atoms with Crippen LogP contribution in [0.5, 0.6) is 0 Å². The molecule has 21 heavy (non-hydrogen) atoms. The van der Waals surface area contributed by atoms with Crippen molar-refractivity contribution in [3.8, 4) is 11.1 Å². The molecule has 1 aromatic heterocycles. The molecule has 0 aliphatic carbocycles. The number of nitrogens with one attached hydrogen (secondary N) is 1. The molecule has 0 saturated heterocycles. The minimum absolute atomic E-state index is 0.635. The first-order valence-electron chi connectivity index (χ1n) is 7.18. The summed E-state index contributed by atoms with van der Waals surface area (Å²) in [7, 11) is 0. The van der Waals surface area contributed by atoms with Gasteiger partial charge in [0.15, 0.2) is 0 Å². The number of pyridine rings is 1. The molecule has 0 fully saturated rings. The van der Waals surface area contributed by atoms with E-state index in [4.69, 9.17) is 5.41 Å². The minimum atomic E-state index is 0.635. The highest BCUT2D eigenvalue weighted by molar-refractivity contribution is 5.95. The van der Waals surface area contributed by atoms with Crippen molar-refractivity contribution in [1.29, 1.82) is 5.41 Å². The monoisotopic (exact) mass is 276 g/mol. The van der Waals surface area contributed by atoms with Crippen molar-refractivity contribution in [3.63, 3.8) is 0 Å². The third-order valence-electron chi connectivity index (χ3n) is 3.39. The molecule has 2 rings (SSSR count). The van der Waals surface area contributed by atoms with Crippen molar-refractivity contribution in [2.45, 2.75) is 20.3 Å². The van der Waals surface area contributed by atoms with Gasteiger partial charge >= 0.3 is 0 Å². The zero-order valence-corrected chi connectivity index (χ0v) is 12.5. The van der Waals surface area contributed by atoms with Crippen LogP contribution in [0.2, 0.25) is 0 Å². The Morgan fingerprint density at radius 2 is 1.81 bits per heavy atom. The van der Waals surface area contributed by atoms with E-state index in [9.17, 15) is 0 Å².